The van der Waals surface area contributed by atoms with Gasteiger partial charge in [-0.25, -0.2) is 0 Å². The zero-order chi connectivity index (χ0) is 46.7. The third-order valence-corrected chi connectivity index (χ3v) is 19.1. The summed E-state index contributed by atoms with van der Waals surface area (Å²) < 4.78 is 9.45. The van der Waals surface area contributed by atoms with Crippen molar-refractivity contribution < 1.29 is 4.74 Å². The predicted octanol–water partition coefficient (Wildman–Crippen LogP) is 14.9. The number of hydrogen-bond acceptors (Lipinski definition) is 3. The van der Waals surface area contributed by atoms with Crippen molar-refractivity contribution in [3.8, 4) is 34.8 Å². The van der Waals surface area contributed by atoms with Crippen LogP contribution < -0.4 is 4.74 Å². The molecule has 20 rings (SSSR count). The number of hydrogen-bond donors (Lipinski definition) is 0. The quantitative estimate of drug-likeness (QED) is 0.152. The highest BCUT2D eigenvalue weighted by atomic mass is 16.5. The predicted molar refractivity (Wildman–Crippen MR) is 280 cm³/mol. The van der Waals surface area contributed by atoms with Crippen molar-refractivity contribution in [2.45, 2.75) is 34.5 Å². The lowest BCUT2D eigenvalue weighted by molar-refractivity contribution is 0.333. The van der Waals surface area contributed by atoms with Crippen molar-refractivity contribution in [1.29, 1.82) is 10.5 Å². The number of nitrogens with zero attached hydrogens (tertiary/aromatic N) is 3. The van der Waals surface area contributed by atoms with Crippen LogP contribution in [-0.2, 0) is 10.8 Å². The van der Waals surface area contributed by atoms with Crippen LogP contribution in [0, 0.1) is 22.7 Å². The minimum absolute atomic E-state index is 0.0808. The lowest BCUT2D eigenvalue weighted by Crippen LogP contribution is -2.52. The van der Waals surface area contributed by atoms with E-state index in [1.54, 1.807) is 0 Å². The van der Waals surface area contributed by atoms with Crippen molar-refractivity contribution in [2.75, 3.05) is 0 Å². The molecule has 1 aliphatic heterocycles. The first-order valence-corrected chi connectivity index (χ1v) is 25.3. The Balaban J connectivity index is 1.08. The van der Waals surface area contributed by atoms with E-state index in [1.165, 1.54) is 105 Å². The first kappa shape index (κ1) is 36.7. The Morgan fingerprint density at radius 3 is 1.49 bits per heavy atom. The molecule has 328 valence electrons. The van der Waals surface area contributed by atoms with Crippen molar-refractivity contribution >= 4 is 38.1 Å². The molecule has 3 atom stereocenters. The summed E-state index contributed by atoms with van der Waals surface area (Å²) in [5, 5.41) is 28.1. The largest absolute Gasteiger partial charge is 0.457 e. The van der Waals surface area contributed by atoms with E-state index in [0.717, 1.165) is 50.3 Å². The molecule has 12 aromatic rings. The fourth-order valence-corrected chi connectivity index (χ4v) is 17.1. The molecule has 0 N–H and O–H groups in total. The van der Waals surface area contributed by atoms with Crippen LogP contribution >= 0.6 is 0 Å². The molecule has 8 aliphatic rings. The zero-order valence-corrected chi connectivity index (χ0v) is 38.5. The Hall–Kier alpha value is -9.22. The first-order chi connectivity index (χ1) is 35.7. The van der Waals surface area contributed by atoms with Gasteiger partial charge in [0.1, 0.15) is 11.5 Å². The van der Waals surface area contributed by atoms with Gasteiger partial charge in [0.2, 0.25) is 0 Å². The van der Waals surface area contributed by atoms with Gasteiger partial charge < -0.3 is 9.14 Å². The Morgan fingerprint density at radius 2 is 0.889 bits per heavy atom. The van der Waals surface area contributed by atoms with Gasteiger partial charge in [0.15, 0.2) is 0 Å². The van der Waals surface area contributed by atoms with Crippen LogP contribution in [-0.4, -0.2) is 4.40 Å². The summed E-state index contributed by atoms with van der Waals surface area (Å²) in [6.07, 6.45) is 0. The summed E-state index contributed by atoms with van der Waals surface area (Å²) in [6.45, 7) is 0. The highest BCUT2D eigenvalue weighted by Crippen LogP contribution is 2.79. The van der Waals surface area contributed by atoms with Crippen molar-refractivity contribution in [3.63, 3.8) is 0 Å². The molecule has 0 saturated carbocycles. The molecule has 0 radical (unpaired) electrons. The third-order valence-electron chi connectivity index (χ3n) is 19.1. The van der Waals surface area contributed by atoms with Crippen LogP contribution in [0.1, 0.15) is 124 Å². The minimum Gasteiger partial charge on any atom is -0.457 e. The number of ether oxygens (including phenoxy) is 1. The van der Waals surface area contributed by atoms with E-state index in [-0.39, 0.29) is 29.1 Å². The van der Waals surface area contributed by atoms with E-state index in [0.29, 0.717) is 5.56 Å². The van der Waals surface area contributed by atoms with Crippen LogP contribution in [0.15, 0.2) is 188 Å². The number of fused-ring (bicyclic) bond motifs is 24. The Morgan fingerprint density at radius 1 is 0.417 bits per heavy atom. The smallest absolute Gasteiger partial charge is 0.132 e. The van der Waals surface area contributed by atoms with Crippen LogP contribution in [0.25, 0.3) is 49.2 Å². The van der Waals surface area contributed by atoms with E-state index in [1.807, 2.05) is 0 Å². The van der Waals surface area contributed by atoms with Gasteiger partial charge in [-0.3, -0.25) is 0 Å². The maximum Gasteiger partial charge on any atom is 0.132 e. The van der Waals surface area contributed by atoms with Crippen molar-refractivity contribution in [3.05, 3.63) is 288 Å². The van der Waals surface area contributed by atoms with Gasteiger partial charge in [0.05, 0.1) is 45.2 Å². The summed E-state index contributed by atoms with van der Waals surface area (Å²) in [6, 6.07) is 75.1. The summed E-state index contributed by atoms with van der Waals surface area (Å²) in [5.41, 5.74) is 26.4. The second kappa shape index (κ2) is 11.8. The molecule has 3 unspecified atom stereocenters. The molecule has 2 aromatic heterocycles. The highest BCUT2D eigenvalue weighted by Gasteiger charge is 2.70. The summed E-state index contributed by atoms with van der Waals surface area (Å²) in [5.74, 6) is 1.68. The molecule has 72 heavy (non-hydrogen) atoms. The Kier molecular flexibility index (Phi) is 6.04. The SMILES string of the molecule is N#Cc1cc2c(c3c1C1c4ccccc4C3c3ccccc31)c1c3c(cc4c5c6c(c(C#N)cc5n2c41)C1c2ccccc2C12c1ccccc1C62)-c1ccccc1C31c2ccccc2Oc2ccccc21. The van der Waals surface area contributed by atoms with Crippen LogP contribution in [0.2, 0.25) is 0 Å². The second-order valence-corrected chi connectivity index (χ2v) is 21.3. The summed E-state index contributed by atoms with van der Waals surface area (Å²) in [4.78, 5) is 0. The number of nitriles is 2. The molecule has 4 heteroatoms. The number of rotatable bonds is 0. The maximum atomic E-state index is 11.6. The molecule has 4 nitrogen and oxygen atoms in total. The van der Waals surface area contributed by atoms with Gasteiger partial charge in [0, 0.05) is 61.8 Å². The molecular formula is C68H35N3O. The molecule has 10 aromatic carbocycles. The van der Waals surface area contributed by atoms with Crippen molar-refractivity contribution in [2.24, 2.45) is 0 Å². The second-order valence-electron chi connectivity index (χ2n) is 21.3. The highest BCUT2D eigenvalue weighted by molar-refractivity contribution is 6.29. The molecule has 7 aliphatic carbocycles. The van der Waals surface area contributed by atoms with E-state index in [9.17, 15) is 10.5 Å². The topological polar surface area (TPSA) is 61.2 Å². The number of benzene rings is 10. The minimum atomic E-state index is -0.758. The van der Waals surface area contributed by atoms with Crippen LogP contribution in [0.4, 0.5) is 0 Å². The zero-order valence-electron chi connectivity index (χ0n) is 38.5. The average molecular weight is 910 g/mol. The molecule has 0 saturated heterocycles. The number of para-hydroxylation sites is 2. The van der Waals surface area contributed by atoms with E-state index < -0.39 is 5.41 Å². The van der Waals surface area contributed by atoms with Gasteiger partial charge in [-0.1, -0.05) is 158 Å². The fraction of sp³-hybridized carbons (Fsp3) is 0.0882. The standard InChI is InChI=1S/C68H35N3O/c69-32-34-29-51-59(60-54(34)56-37-16-1-3-18-39(37)57(60)40-19-4-2-17-38(40)56)62-65-43(36-15-5-8-22-45(36)67(65)48-25-11-13-27-52(48)72-53-28-14-12-26-49(53)67)31-44-58-50(71(51)66(44)62)30-35(33-70)55-61(58)64-42-21-7-10-24-47(42)68(64)46-23-9-6-20-41(46)63(55)68/h1-31,56-57,63-64H. The monoisotopic (exact) mass is 909 g/mol. The van der Waals surface area contributed by atoms with E-state index in [4.69, 9.17) is 4.74 Å². The van der Waals surface area contributed by atoms with Crippen LogP contribution in [0.5, 0.6) is 11.5 Å². The maximum absolute atomic E-state index is 11.6. The molecule has 0 amide bonds. The van der Waals surface area contributed by atoms with Crippen molar-refractivity contribution in [1.82, 2.24) is 4.40 Å². The van der Waals surface area contributed by atoms with E-state index >= 15 is 0 Å². The Bertz CT molecular complexity index is 4650. The van der Waals surface area contributed by atoms with E-state index in [2.05, 4.69) is 205 Å². The molecule has 0 fully saturated rings. The average Bonchev–Trinajstić information content (AvgIpc) is 4.11. The molecular weight excluding hydrogens is 875 g/mol. The molecule has 3 heterocycles. The lowest BCUT2D eigenvalue weighted by Gasteiger charge is -2.58. The van der Waals surface area contributed by atoms with Gasteiger partial charge in [-0.2, -0.15) is 10.5 Å². The normalized spacial score (nSPS) is 21.3. The number of aromatic nitrogens is 1. The Labute approximate surface area is 413 Å². The fourth-order valence-electron chi connectivity index (χ4n) is 17.1. The molecule has 2 spiro atoms. The van der Waals surface area contributed by atoms with Gasteiger partial charge in [0.25, 0.3) is 0 Å². The van der Waals surface area contributed by atoms with Crippen LogP contribution in [0.3, 0.4) is 0 Å². The lowest BCUT2D eigenvalue weighted by atomic mass is 9.43. The molecule has 2 bridgehead atoms. The van der Waals surface area contributed by atoms with Gasteiger partial charge in [-0.05, 0) is 119 Å². The summed E-state index contributed by atoms with van der Waals surface area (Å²) in [7, 11) is 0. The van der Waals surface area contributed by atoms with Gasteiger partial charge in [-0.15, -0.1) is 0 Å². The third kappa shape index (κ3) is 3.54. The summed E-state index contributed by atoms with van der Waals surface area (Å²) >= 11 is 0. The van der Waals surface area contributed by atoms with Gasteiger partial charge >= 0.3 is 0 Å². The first-order valence-electron chi connectivity index (χ1n) is 25.3.